The van der Waals surface area contributed by atoms with Gasteiger partial charge in [-0.15, -0.1) is 0 Å². The summed E-state index contributed by atoms with van der Waals surface area (Å²) in [7, 11) is -6.09. The van der Waals surface area contributed by atoms with E-state index in [-0.39, 0.29) is 0 Å². The van der Waals surface area contributed by atoms with Gasteiger partial charge in [0.05, 0.1) is 19.1 Å². The van der Waals surface area contributed by atoms with E-state index in [0.717, 1.165) is 6.04 Å². The van der Waals surface area contributed by atoms with Crippen LogP contribution in [0, 0.1) is 0 Å². The second-order valence-corrected chi connectivity index (χ2v) is 8.51. The van der Waals surface area contributed by atoms with Gasteiger partial charge < -0.3 is 9.45 Å². The number of hydrogen-bond donors (Lipinski definition) is 1. The average Bonchev–Trinajstić information content (AvgIpc) is 2.99. The Morgan fingerprint density at radius 3 is 1.85 bits per heavy atom. The SMILES string of the molecule is CCCCCCCCCCC[NH+]1CCCC1CC.O=S(=O)([O-])C(F)(F)F. The summed E-state index contributed by atoms with van der Waals surface area (Å²) in [6.07, 6.45) is 17.5. The first-order valence-corrected chi connectivity index (χ1v) is 11.4. The third kappa shape index (κ3) is 12.1. The van der Waals surface area contributed by atoms with E-state index in [1.165, 1.54) is 90.1 Å². The zero-order valence-corrected chi connectivity index (χ0v) is 17.1. The second-order valence-electron chi connectivity index (χ2n) is 7.13. The Kier molecular flexibility index (Phi) is 13.6. The fraction of sp³-hybridized carbons (Fsp3) is 1.00. The molecule has 0 amide bonds. The third-order valence-electron chi connectivity index (χ3n) is 5.01. The van der Waals surface area contributed by atoms with Crippen molar-refractivity contribution in [1.29, 1.82) is 0 Å². The molecule has 2 unspecified atom stereocenters. The third-order valence-corrected chi connectivity index (χ3v) is 5.57. The molecule has 26 heavy (non-hydrogen) atoms. The van der Waals surface area contributed by atoms with Crippen LogP contribution in [0.1, 0.15) is 90.9 Å². The first-order valence-electron chi connectivity index (χ1n) is 10.00. The number of rotatable bonds is 11. The van der Waals surface area contributed by atoms with Gasteiger partial charge in [0, 0.05) is 12.8 Å². The predicted molar refractivity (Wildman–Crippen MR) is 97.0 cm³/mol. The average molecular weight is 404 g/mol. The van der Waals surface area contributed by atoms with Crippen LogP contribution in [0.5, 0.6) is 0 Å². The molecule has 0 saturated carbocycles. The molecule has 0 aromatic carbocycles. The van der Waals surface area contributed by atoms with Gasteiger partial charge in [0.25, 0.3) is 0 Å². The maximum atomic E-state index is 10.7. The van der Waals surface area contributed by atoms with E-state index in [0.29, 0.717) is 0 Å². The molecule has 8 heteroatoms. The molecule has 0 aliphatic carbocycles. The van der Waals surface area contributed by atoms with Crippen LogP contribution in [0.25, 0.3) is 0 Å². The number of nitrogens with one attached hydrogen (secondary N) is 1. The summed E-state index contributed by atoms with van der Waals surface area (Å²) >= 11 is 0. The molecule has 0 aromatic heterocycles. The standard InChI is InChI=1S/C17H35N.CHF3O3S/c1-3-5-6-7-8-9-10-11-12-15-18-16-13-14-17(18)4-2;2-1(3,4)8(5,6)7/h17H,3-16H2,1-2H3;(H,5,6,7). The Hall–Kier alpha value is -0.340. The summed E-state index contributed by atoms with van der Waals surface area (Å²) < 4.78 is 58.9. The van der Waals surface area contributed by atoms with E-state index < -0.39 is 15.6 Å². The minimum absolute atomic E-state index is 0.999. The Balaban J connectivity index is 0.000000660. The van der Waals surface area contributed by atoms with Crippen LogP contribution >= 0.6 is 0 Å². The first kappa shape index (κ1) is 25.7. The lowest BCUT2D eigenvalue weighted by Crippen LogP contribution is -3.13. The molecule has 0 aromatic rings. The highest BCUT2D eigenvalue weighted by molar-refractivity contribution is 7.86. The molecule has 0 spiro atoms. The highest BCUT2D eigenvalue weighted by atomic mass is 32.2. The topological polar surface area (TPSA) is 61.6 Å². The molecule has 2 atom stereocenters. The molecule has 1 fully saturated rings. The maximum absolute atomic E-state index is 10.7. The Morgan fingerprint density at radius 1 is 0.962 bits per heavy atom. The summed E-state index contributed by atoms with van der Waals surface area (Å²) in [5.74, 6) is 0. The summed E-state index contributed by atoms with van der Waals surface area (Å²) in [4.78, 5) is 1.92. The first-order chi connectivity index (χ1) is 12.1. The van der Waals surface area contributed by atoms with Crippen molar-refractivity contribution in [3.05, 3.63) is 0 Å². The molecule has 1 saturated heterocycles. The number of hydrogen-bond acceptors (Lipinski definition) is 3. The Labute approximate surface area is 157 Å². The van der Waals surface area contributed by atoms with Crippen LogP contribution in [-0.2, 0) is 10.1 Å². The molecule has 1 heterocycles. The van der Waals surface area contributed by atoms with Gasteiger partial charge in [-0.3, -0.25) is 0 Å². The summed E-state index contributed by atoms with van der Waals surface area (Å²) in [6.45, 7) is 7.57. The summed E-state index contributed by atoms with van der Waals surface area (Å²) in [6, 6.07) is 0.999. The van der Waals surface area contributed by atoms with Gasteiger partial charge in [0.15, 0.2) is 10.1 Å². The van der Waals surface area contributed by atoms with Gasteiger partial charge in [-0.1, -0.05) is 58.8 Å². The van der Waals surface area contributed by atoms with E-state index in [4.69, 9.17) is 13.0 Å². The van der Waals surface area contributed by atoms with E-state index in [1.54, 1.807) is 0 Å². The van der Waals surface area contributed by atoms with Crippen LogP contribution in [0.4, 0.5) is 13.2 Å². The van der Waals surface area contributed by atoms with Crippen LogP contribution in [-0.4, -0.2) is 37.6 Å². The van der Waals surface area contributed by atoms with Gasteiger partial charge in [-0.25, -0.2) is 8.42 Å². The lowest BCUT2D eigenvalue weighted by molar-refractivity contribution is -0.912. The van der Waals surface area contributed by atoms with E-state index in [1.807, 2.05) is 4.90 Å². The van der Waals surface area contributed by atoms with Crippen molar-refractivity contribution in [2.75, 3.05) is 13.1 Å². The lowest BCUT2D eigenvalue weighted by Gasteiger charge is -2.20. The van der Waals surface area contributed by atoms with Crippen LogP contribution in [0.3, 0.4) is 0 Å². The minimum atomic E-state index is -6.09. The fourth-order valence-electron chi connectivity index (χ4n) is 3.47. The number of likely N-dealkylation sites (tertiary alicyclic amines) is 1. The highest BCUT2D eigenvalue weighted by Crippen LogP contribution is 2.20. The minimum Gasteiger partial charge on any atom is -0.741 e. The smallest absolute Gasteiger partial charge is 0.485 e. The van der Waals surface area contributed by atoms with Crippen LogP contribution in [0.2, 0.25) is 0 Å². The molecule has 4 nitrogen and oxygen atoms in total. The van der Waals surface area contributed by atoms with Crippen molar-refractivity contribution in [3.8, 4) is 0 Å². The number of halogens is 3. The molecule has 1 aliphatic heterocycles. The van der Waals surface area contributed by atoms with Crippen molar-refractivity contribution >= 4 is 10.1 Å². The monoisotopic (exact) mass is 403 g/mol. The molecular weight excluding hydrogens is 367 g/mol. The van der Waals surface area contributed by atoms with Gasteiger partial charge in [0.1, 0.15) is 0 Å². The predicted octanol–water partition coefficient (Wildman–Crippen LogP) is 4.03. The normalized spacial score (nSPS) is 20.7. The Morgan fingerprint density at radius 2 is 1.42 bits per heavy atom. The molecule has 0 radical (unpaired) electrons. The van der Waals surface area contributed by atoms with E-state index in [9.17, 15) is 13.2 Å². The quantitative estimate of drug-likeness (QED) is 0.322. The fourth-order valence-corrected chi connectivity index (χ4v) is 3.47. The van der Waals surface area contributed by atoms with E-state index >= 15 is 0 Å². The largest absolute Gasteiger partial charge is 0.741 e. The number of alkyl halides is 3. The van der Waals surface area contributed by atoms with Crippen LogP contribution < -0.4 is 4.90 Å². The lowest BCUT2D eigenvalue weighted by atomic mass is 10.1. The molecular formula is C18H36F3NO3S. The molecule has 0 bridgehead atoms. The molecule has 1 N–H and O–H groups in total. The number of unbranched alkanes of at least 4 members (excludes halogenated alkanes) is 8. The zero-order valence-electron chi connectivity index (χ0n) is 16.2. The van der Waals surface area contributed by atoms with Crippen molar-refractivity contribution in [2.45, 2.75) is 102 Å². The number of quaternary nitrogens is 1. The van der Waals surface area contributed by atoms with Gasteiger partial charge in [-0.2, -0.15) is 13.2 Å². The molecule has 158 valence electrons. The summed E-state index contributed by atoms with van der Waals surface area (Å²) in [5.41, 5.74) is -5.65. The van der Waals surface area contributed by atoms with E-state index in [2.05, 4.69) is 13.8 Å². The maximum Gasteiger partial charge on any atom is 0.485 e. The zero-order chi connectivity index (χ0) is 20.1. The van der Waals surface area contributed by atoms with Gasteiger partial charge in [0.2, 0.25) is 0 Å². The van der Waals surface area contributed by atoms with Crippen molar-refractivity contribution in [1.82, 2.24) is 0 Å². The Bertz CT molecular complexity index is 441. The van der Waals surface area contributed by atoms with Crippen molar-refractivity contribution < 1.29 is 31.0 Å². The van der Waals surface area contributed by atoms with Crippen molar-refractivity contribution in [3.63, 3.8) is 0 Å². The highest BCUT2D eigenvalue weighted by Gasteiger charge is 2.36. The van der Waals surface area contributed by atoms with Gasteiger partial charge in [-0.05, 0) is 19.3 Å². The second kappa shape index (κ2) is 13.8. The van der Waals surface area contributed by atoms with Gasteiger partial charge >= 0.3 is 5.51 Å². The van der Waals surface area contributed by atoms with Crippen LogP contribution in [0.15, 0.2) is 0 Å². The summed E-state index contributed by atoms with van der Waals surface area (Å²) in [5, 5.41) is 0. The molecule has 1 aliphatic rings. The van der Waals surface area contributed by atoms with Crippen molar-refractivity contribution in [2.24, 2.45) is 0 Å². The molecule has 1 rings (SSSR count).